The Morgan fingerprint density at radius 2 is 1.94 bits per heavy atom. The average Bonchev–Trinajstić information content (AvgIpc) is 2.27. The van der Waals surface area contributed by atoms with E-state index >= 15 is 0 Å². The van der Waals surface area contributed by atoms with E-state index in [1.165, 1.54) is 0 Å². The van der Waals surface area contributed by atoms with Crippen molar-refractivity contribution in [2.24, 2.45) is 0 Å². The molecule has 0 saturated heterocycles. The average molecular weight is 244 g/mol. The highest BCUT2D eigenvalue weighted by Gasteiger charge is 2.27. The lowest BCUT2D eigenvalue weighted by Gasteiger charge is -2.25. The second-order valence-electron chi connectivity index (χ2n) is 4.75. The van der Waals surface area contributed by atoms with Gasteiger partial charge in [-0.25, -0.2) is 4.79 Å². The van der Waals surface area contributed by atoms with E-state index in [2.05, 4.69) is 6.92 Å². The van der Waals surface area contributed by atoms with E-state index in [0.717, 1.165) is 25.7 Å². The minimum absolute atomic E-state index is 0.316. The van der Waals surface area contributed by atoms with Crippen LogP contribution in [-0.4, -0.2) is 24.1 Å². The van der Waals surface area contributed by atoms with E-state index in [1.807, 2.05) is 20.8 Å². The minimum Gasteiger partial charge on any atom is -0.457 e. The second kappa shape index (κ2) is 8.09. The van der Waals surface area contributed by atoms with Crippen molar-refractivity contribution in [1.29, 1.82) is 0 Å². The van der Waals surface area contributed by atoms with Gasteiger partial charge < -0.3 is 9.47 Å². The van der Waals surface area contributed by atoms with Gasteiger partial charge in [-0.15, -0.1) is 0 Å². The molecule has 0 aromatic heterocycles. The summed E-state index contributed by atoms with van der Waals surface area (Å²) in [7, 11) is 0. The first-order valence-electron chi connectivity index (χ1n) is 6.28. The highest BCUT2D eigenvalue weighted by atomic mass is 16.6. The van der Waals surface area contributed by atoms with Crippen LogP contribution in [0.2, 0.25) is 0 Å². The molecule has 0 rings (SSSR count). The zero-order chi connectivity index (χ0) is 13.3. The number of unbranched alkanes of at least 4 members (excludes halogenated alkanes) is 2. The van der Waals surface area contributed by atoms with Gasteiger partial charge in [0.25, 0.3) is 6.47 Å². The molecule has 0 N–H and O–H groups in total. The van der Waals surface area contributed by atoms with E-state index in [-0.39, 0.29) is 0 Å². The van der Waals surface area contributed by atoms with Gasteiger partial charge in [0.1, 0.15) is 5.60 Å². The van der Waals surface area contributed by atoms with Gasteiger partial charge in [-0.3, -0.25) is 4.79 Å². The van der Waals surface area contributed by atoms with Gasteiger partial charge in [-0.2, -0.15) is 0 Å². The van der Waals surface area contributed by atoms with Crippen LogP contribution in [0.1, 0.15) is 59.8 Å². The summed E-state index contributed by atoms with van der Waals surface area (Å²) < 4.78 is 10.1. The molecule has 0 spiro atoms. The lowest BCUT2D eigenvalue weighted by Crippen LogP contribution is -2.34. The summed E-state index contributed by atoms with van der Waals surface area (Å²) in [5, 5.41) is 0. The molecule has 17 heavy (non-hydrogen) atoms. The Morgan fingerprint density at radius 1 is 1.29 bits per heavy atom. The number of esters is 1. The van der Waals surface area contributed by atoms with Crippen molar-refractivity contribution < 1.29 is 19.1 Å². The Hall–Kier alpha value is -1.06. The van der Waals surface area contributed by atoms with E-state index in [9.17, 15) is 9.59 Å². The largest absolute Gasteiger partial charge is 0.457 e. The highest BCUT2D eigenvalue weighted by molar-refractivity contribution is 5.76. The van der Waals surface area contributed by atoms with Crippen LogP contribution in [0.5, 0.6) is 0 Å². The smallest absolute Gasteiger partial charge is 0.347 e. The summed E-state index contributed by atoms with van der Waals surface area (Å²) in [4.78, 5) is 22.2. The van der Waals surface area contributed by atoms with Crippen LogP contribution in [0.3, 0.4) is 0 Å². The number of carbonyl (C=O) groups is 2. The molecule has 4 nitrogen and oxygen atoms in total. The molecule has 1 unspecified atom stereocenters. The molecular weight excluding hydrogens is 220 g/mol. The van der Waals surface area contributed by atoms with Gasteiger partial charge in [0.05, 0.1) is 0 Å². The van der Waals surface area contributed by atoms with Crippen molar-refractivity contribution in [3.8, 4) is 0 Å². The molecule has 0 aromatic rings. The minimum atomic E-state index is -0.759. The standard InChI is InChI=1S/C13H24O4/c1-5-7-8-9-11(16-10-14)12(15)17-13(3,4)6-2/h10-11H,5-9H2,1-4H3. The predicted octanol–water partition coefficient (Wildman–Crippen LogP) is 2.84. The quantitative estimate of drug-likeness (QED) is 0.355. The molecule has 1 atom stereocenters. The number of hydrogen-bond acceptors (Lipinski definition) is 4. The van der Waals surface area contributed by atoms with Crippen LogP contribution < -0.4 is 0 Å². The molecule has 0 radical (unpaired) electrons. The van der Waals surface area contributed by atoms with Gasteiger partial charge in [-0.1, -0.05) is 26.7 Å². The van der Waals surface area contributed by atoms with Crippen LogP contribution >= 0.6 is 0 Å². The number of carbonyl (C=O) groups excluding carboxylic acids is 2. The van der Waals surface area contributed by atoms with E-state index in [1.54, 1.807) is 0 Å². The van der Waals surface area contributed by atoms with Crippen LogP contribution in [0.25, 0.3) is 0 Å². The Labute approximate surface area is 104 Å². The Balaban J connectivity index is 4.28. The molecule has 0 aromatic carbocycles. The lowest BCUT2D eigenvalue weighted by molar-refractivity contribution is -0.173. The monoisotopic (exact) mass is 244 g/mol. The fourth-order valence-electron chi connectivity index (χ4n) is 1.30. The SMILES string of the molecule is CCCCCC(OC=O)C(=O)OC(C)(C)CC. The molecule has 0 aliphatic heterocycles. The second-order valence-corrected chi connectivity index (χ2v) is 4.75. The number of rotatable bonds is 9. The summed E-state index contributed by atoms with van der Waals surface area (Å²) in [6.45, 7) is 8.02. The predicted molar refractivity (Wildman–Crippen MR) is 65.5 cm³/mol. The van der Waals surface area contributed by atoms with Crippen LogP contribution in [0.15, 0.2) is 0 Å². The zero-order valence-electron chi connectivity index (χ0n) is 11.3. The van der Waals surface area contributed by atoms with Crippen LogP contribution in [0.4, 0.5) is 0 Å². The molecule has 4 heteroatoms. The molecule has 0 aliphatic carbocycles. The van der Waals surface area contributed by atoms with E-state index in [0.29, 0.717) is 12.9 Å². The van der Waals surface area contributed by atoms with Crippen molar-refractivity contribution in [3.05, 3.63) is 0 Å². The van der Waals surface area contributed by atoms with Gasteiger partial charge >= 0.3 is 5.97 Å². The first-order chi connectivity index (χ1) is 7.96. The lowest BCUT2D eigenvalue weighted by atomic mass is 10.1. The zero-order valence-corrected chi connectivity index (χ0v) is 11.3. The van der Waals surface area contributed by atoms with Gasteiger partial charge in [0, 0.05) is 0 Å². The van der Waals surface area contributed by atoms with Crippen molar-refractivity contribution in [3.63, 3.8) is 0 Å². The van der Waals surface area contributed by atoms with Crippen molar-refractivity contribution in [2.45, 2.75) is 71.5 Å². The number of ether oxygens (including phenoxy) is 2. The molecule has 0 fully saturated rings. The maximum Gasteiger partial charge on any atom is 0.347 e. The summed E-state index contributed by atoms with van der Waals surface area (Å²) in [5.74, 6) is -0.444. The Kier molecular flexibility index (Phi) is 7.59. The van der Waals surface area contributed by atoms with Crippen molar-refractivity contribution >= 4 is 12.4 Å². The van der Waals surface area contributed by atoms with Gasteiger partial charge in [0.2, 0.25) is 0 Å². The third-order valence-electron chi connectivity index (χ3n) is 2.78. The van der Waals surface area contributed by atoms with E-state index in [4.69, 9.17) is 9.47 Å². The maximum absolute atomic E-state index is 11.8. The summed E-state index contributed by atoms with van der Waals surface area (Å²) in [6, 6.07) is 0. The molecule has 0 amide bonds. The van der Waals surface area contributed by atoms with Crippen molar-refractivity contribution in [2.75, 3.05) is 0 Å². The fourth-order valence-corrected chi connectivity index (χ4v) is 1.30. The van der Waals surface area contributed by atoms with Crippen LogP contribution in [0, 0.1) is 0 Å². The molecule has 0 bridgehead atoms. The Morgan fingerprint density at radius 3 is 2.41 bits per heavy atom. The first-order valence-corrected chi connectivity index (χ1v) is 6.28. The topological polar surface area (TPSA) is 52.6 Å². The van der Waals surface area contributed by atoms with E-state index < -0.39 is 17.7 Å². The molecule has 0 aliphatic rings. The highest BCUT2D eigenvalue weighted by Crippen LogP contribution is 2.17. The number of hydrogen-bond donors (Lipinski definition) is 0. The third kappa shape index (κ3) is 6.97. The third-order valence-corrected chi connectivity index (χ3v) is 2.78. The van der Waals surface area contributed by atoms with Gasteiger partial charge in [0.15, 0.2) is 6.10 Å². The molecular formula is C13H24O4. The molecule has 100 valence electrons. The van der Waals surface area contributed by atoms with Gasteiger partial charge in [-0.05, 0) is 33.1 Å². The fraction of sp³-hybridized carbons (Fsp3) is 0.846. The maximum atomic E-state index is 11.8. The normalized spacial score (nSPS) is 12.9. The Bertz CT molecular complexity index is 236. The van der Waals surface area contributed by atoms with Crippen LogP contribution in [-0.2, 0) is 19.1 Å². The van der Waals surface area contributed by atoms with Crippen molar-refractivity contribution in [1.82, 2.24) is 0 Å². The summed E-state index contributed by atoms with van der Waals surface area (Å²) >= 11 is 0. The molecule has 0 saturated carbocycles. The molecule has 0 heterocycles. The first kappa shape index (κ1) is 15.9. The summed E-state index contributed by atoms with van der Waals surface area (Å²) in [6.07, 6.45) is 3.43. The summed E-state index contributed by atoms with van der Waals surface area (Å²) in [5.41, 5.74) is -0.508.